The zero-order chi connectivity index (χ0) is 48.4. The van der Waals surface area contributed by atoms with Gasteiger partial charge < -0.3 is 80.9 Å². The molecular formula is C47H75NO17. The Hall–Kier alpha value is -3.18. The van der Waals surface area contributed by atoms with Gasteiger partial charge in [-0.1, -0.05) is 86.8 Å². The number of carboxylic acid groups (broad SMARTS) is 1. The molecule has 14 unspecified atom stereocenters. The Bertz CT molecular complexity index is 1620. The summed E-state index contributed by atoms with van der Waals surface area (Å²) in [6.45, 7) is 6.78. The smallest absolute Gasteiger partial charge is 0.311 e. The third-order valence-corrected chi connectivity index (χ3v) is 12.2. The van der Waals surface area contributed by atoms with E-state index in [0.29, 0.717) is 0 Å². The largest absolute Gasteiger partial charge is 0.481 e. The van der Waals surface area contributed by atoms with Crippen LogP contribution in [0.3, 0.4) is 0 Å². The molecule has 0 aliphatic carbocycles. The third kappa shape index (κ3) is 18.8. The first-order chi connectivity index (χ1) is 30.6. The number of aliphatic hydroxyl groups is 10. The molecule has 19 atom stereocenters. The van der Waals surface area contributed by atoms with Gasteiger partial charge in [0.15, 0.2) is 12.1 Å². The fraction of sp³-hybridized carbons (Fsp3) is 0.702. The van der Waals surface area contributed by atoms with Crippen LogP contribution in [0.1, 0.15) is 91.9 Å². The summed E-state index contributed by atoms with van der Waals surface area (Å²) in [5, 5.41) is 118. The molecule has 3 aliphatic heterocycles. The van der Waals surface area contributed by atoms with E-state index in [-0.39, 0.29) is 38.0 Å². The number of carbonyl (C=O) groups is 2. The van der Waals surface area contributed by atoms with Gasteiger partial charge >= 0.3 is 11.9 Å². The maximum absolute atomic E-state index is 12.6. The molecular weight excluding hydrogens is 851 g/mol. The zero-order valence-electron chi connectivity index (χ0n) is 37.8. The fourth-order valence-electron chi connectivity index (χ4n) is 8.11. The first-order valence-electron chi connectivity index (χ1n) is 22.6. The van der Waals surface area contributed by atoms with Gasteiger partial charge in [0, 0.05) is 31.1 Å². The summed E-state index contributed by atoms with van der Waals surface area (Å²) in [6, 6.07) is -1.14. The zero-order valence-corrected chi connectivity index (χ0v) is 37.8. The van der Waals surface area contributed by atoms with Crippen LogP contribution in [0, 0.1) is 17.8 Å². The molecule has 2 bridgehead atoms. The summed E-state index contributed by atoms with van der Waals surface area (Å²) in [5.41, 5.74) is 6.02. The number of esters is 1. The monoisotopic (exact) mass is 926 g/mol. The molecule has 0 aromatic rings. The number of aliphatic carboxylic acids is 1. The first-order valence-corrected chi connectivity index (χ1v) is 22.6. The maximum atomic E-state index is 12.6. The van der Waals surface area contributed by atoms with Crippen molar-refractivity contribution in [2.24, 2.45) is 23.5 Å². The molecule has 65 heavy (non-hydrogen) atoms. The van der Waals surface area contributed by atoms with Gasteiger partial charge in [0.25, 0.3) is 0 Å². The Balaban J connectivity index is 1.84. The van der Waals surface area contributed by atoms with Gasteiger partial charge in [-0.05, 0) is 52.4 Å². The molecule has 2 saturated heterocycles. The number of rotatable bonds is 3. The van der Waals surface area contributed by atoms with E-state index in [1.807, 2.05) is 49.5 Å². The molecule has 18 nitrogen and oxygen atoms in total. The minimum Gasteiger partial charge on any atom is -0.481 e. The molecule has 18 heteroatoms. The Labute approximate surface area is 381 Å². The van der Waals surface area contributed by atoms with E-state index in [2.05, 4.69) is 0 Å². The molecule has 370 valence electrons. The lowest BCUT2D eigenvalue weighted by molar-refractivity contribution is -0.310. The van der Waals surface area contributed by atoms with Gasteiger partial charge in [-0.25, -0.2) is 0 Å². The topological polar surface area (TPSA) is 320 Å². The number of aliphatic hydroxyl groups excluding tert-OH is 9. The second-order valence-electron chi connectivity index (χ2n) is 17.8. The number of carboxylic acids is 1. The predicted octanol–water partition coefficient (Wildman–Crippen LogP) is 0.936. The van der Waals surface area contributed by atoms with Crippen LogP contribution in [-0.2, 0) is 28.5 Å². The van der Waals surface area contributed by atoms with Crippen LogP contribution >= 0.6 is 0 Å². The fourth-order valence-corrected chi connectivity index (χ4v) is 8.11. The van der Waals surface area contributed by atoms with E-state index < -0.39 is 141 Å². The average molecular weight is 926 g/mol. The van der Waals surface area contributed by atoms with Gasteiger partial charge in [0.2, 0.25) is 0 Å². The van der Waals surface area contributed by atoms with E-state index >= 15 is 0 Å². The SMILES string of the molecule is CC1/C=C\C=C\CC/C=C/C=C/C=C/C=C/C(O[C@@H]2O[C@H](C)[C@@H](O)[C@H](N)[C@@H]2O)CC2OC(O)(CC(O)C(O)CCC(O)CC(O)CC(O)CC(=O)OC(C)C(C)C1O)CC(O)C2C(=O)O. The number of cyclic esters (lactones) is 1. The summed E-state index contributed by atoms with van der Waals surface area (Å²) in [4.78, 5) is 25.1. The summed E-state index contributed by atoms with van der Waals surface area (Å²) in [6.07, 6.45) is 2.28. The first kappa shape index (κ1) is 56.1. The van der Waals surface area contributed by atoms with Crippen LogP contribution in [0.2, 0.25) is 0 Å². The van der Waals surface area contributed by atoms with Crippen molar-refractivity contribution in [3.8, 4) is 0 Å². The van der Waals surface area contributed by atoms with Crippen LogP contribution in [0.4, 0.5) is 0 Å². The molecule has 0 radical (unpaired) electrons. The Morgan fingerprint density at radius 1 is 0.692 bits per heavy atom. The number of hydrogen-bond acceptors (Lipinski definition) is 17. The van der Waals surface area contributed by atoms with Crippen LogP contribution in [0.25, 0.3) is 0 Å². The van der Waals surface area contributed by atoms with Crippen molar-refractivity contribution in [1.29, 1.82) is 0 Å². The van der Waals surface area contributed by atoms with Crippen LogP contribution in [-0.4, -0.2) is 166 Å². The number of carbonyl (C=O) groups excluding carboxylic acids is 1. The summed E-state index contributed by atoms with van der Waals surface area (Å²) in [7, 11) is 0. The standard InChI is InChI=1S/C47H75NO17/c1-27-17-15-13-11-9-7-5-6-8-10-12-14-16-18-34(64-46-44(58)41(48)43(57)30(4)63-46)24-38-40(45(59)60)37(54)26-47(61,65-38)25-36(53)35(52)20-19-31(49)21-32(50)22-33(51)23-39(55)62-29(3)28(2)42(27)56/h5-6,8,10-18,27-38,40-44,46,49-54,56-58,61H,7,9,19-26,48H2,1-4H3,(H,59,60)/b6-5+,10-8+,13-11+,14-12+,17-15-,18-16+/t27?,28?,29?,30-,31?,32?,33?,34?,35?,36?,37?,38?,40?,41+,42?,43-,44+,46+,47?/m1/s1. The van der Waals surface area contributed by atoms with Gasteiger partial charge in [0.05, 0.1) is 79.6 Å². The lowest BCUT2D eigenvalue weighted by atomic mass is 9.82. The lowest BCUT2D eigenvalue weighted by Gasteiger charge is -2.45. The van der Waals surface area contributed by atoms with E-state index in [9.17, 15) is 65.8 Å². The van der Waals surface area contributed by atoms with Crippen LogP contribution < -0.4 is 5.73 Å². The summed E-state index contributed by atoms with van der Waals surface area (Å²) in [5.74, 6) is -6.82. The molecule has 3 heterocycles. The second kappa shape index (κ2) is 27.6. The second-order valence-corrected chi connectivity index (χ2v) is 17.8. The Morgan fingerprint density at radius 2 is 1.28 bits per heavy atom. The van der Waals surface area contributed by atoms with E-state index in [1.165, 1.54) is 13.0 Å². The van der Waals surface area contributed by atoms with Crippen molar-refractivity contribution in [1.82, 2.24) is 0 Å². The molecule has 0 saturated carbocycles. The number of allylic oxidation sites excluding steroid dienone is 10. The minimum atomic E-state index is -2.35. The maximum Gasteiger partial charge on any atom is 0.311 e. The highest BCUT2D eigenvalue weighted by Gasteiger charge is 2.51. The number of ether oxygens (including phenoxy) is 4. The normalized spacial score (nSPS) is 45.2. The lowest BCUT2D eigenvalue weighted by Crippen LogP contribution is -2.61. The van der Waals surface area contributed by atoms with Gasteiger partial charge in [-0.3, -0.25) is 9.59 Å². The average Bonchev–Trinajstić information content (AvgIpc) is 3.21. The van der Waals surface area contributed by atoms with Crippen molar-refractivity contribution in [3.05, 3.63) is 72.9 Å². The van der Waals surface area contributed by atoms with Gasteiger partial charge in [0.1, 0.15) is 18.1 Å². The molecule has 3 rings (SSSR count). The Kier molecular flexibility index (Phi) is 23.8. The number of hydrogen-bond donors (Lipinski definition) is 12. The van der Waals surface area contributed by atoms with Crippen LogP contribution in [0.15, 0.2) is 72.9 Å². The summed E-state index contributed by atoms with van der Waals surface area (Å²) < 4.78 is 23.2. The predicted molar refractivity (Wildman–Crippen MR) is 237 cm³/mol. The molecule has 2 fully saturated rings. The minimum absolute atomic E-state index is 0.138. The highest BCUT2D eigenvalue weighted by molar-refractivity contribution is 5.71. The van der Waals surface area contributed by atoms with E-state index in [4.69, 9.17) is 24.7 Å². The van der Waals surface area contributed by atoms with Gasteiger partial charge in [-0.15, -0.1) is 0 Å². The van der Waals surface area contributed by atoms with E-state index in [1.54, 1.807) is 38.2 Å². The molecule has 0 aromatic carbocycles. The molecule has 0 aromatic heterocycles. The van der Waals surface area contributed by atoms with Gasteiger partial charge in [-0.2, -0.15) is 0 Å². The third-order valence-electron chi connectivity index (χ3n) is 12.2. The molecule has 0 spiro atoms. The van der Waals surface area contributed by atoms with E-state index in [0.717, 1.165) is 12.8 Å². The van der Waals surface area contributed by atoms with Crippen LogP contribution in [0.5, 0.6) is 0 Å². The quantitative estimate of drug-likeness (QED) is 0.175. The van der Waals surface area contributed by atoms with Crippen molar-refractivity contribution < 1.29 is 84.7 Å². The highest BCUT2D eigenvalue weighted by Crippen LogP contribution is 2.38. The molecule has 3 aliphatic rings. The Morgan fingerprint density at radius 3 is 1.94 bits per heavy atom. The molecule has 0 amide bonds. The van der Waals surface area contributed by atoms with Crippen molar-refractivity contribution in [2.75, 3.05) is 0 Å². The molecule has 13 N–H and O–H groups in total. The number of fused-ring (bicyclic) bond motifs is 2. The summed E-state index contributed by atoms with van der Waals surface area (Å²) >= 11 is 0. The highest BCUT2D eigenvalue weighted by atomic mass is 16.7. The van der Waals surface area contributed by atoms with Crippen molar-refractivity contribution in [3.63, 3.8) is 0 Å². The van der Waals surface area contributed by atoms with Crippen molar-refractivity contribution in [2.45, 2.75) is 189 Å². The number of nitrogens with two attached hydrogens (primary N) is 1. The van der Waals surface area contributed by atoms with Crippen molar-refractivity contribution >= 4 is 11.9 Å².